The van der Waals surface area contributed by atoms with Gasteiger partial charge in [0.2, 0.25) is 0 Å². The number of anilines is 6. The molecule has 0 fully saturated rings. The Bertz CT molecular complexity index is 3370. The summed E-state index contributed by atoms with van der Waals surface area (Å²) in [6.45, 7) is 9.48. The summed E-state index contributed by atoms with van der Waals surface area (Å²) in [7, 11) is 0. The number of fused-ring (bicyclic) bond motifs is 14. The van der Waals surface area contributed by atoms with E-state index in [0.29, 0.717) is 0 Å². The maximum atomic E-state index is 6.90. The van der Waals surface area contributed by atoms with Crippen LogP contribution in [0, 0.1) is 0 Å². The largest absolute Gasteiger partial charge is 0.456 e. The molecule has 0 N–H and O–H groups in total. The fourth-order valence-corrected chi connectivity index (χ4v) is 10.9. The Hall–Kier alpha value is -7.30. The monoisotopic (exact) mass is 772 g/mol. The third kappa shape index (κ3) is 4.40. The highest BCUT2D eigenvalue weighted by Crippen LogP contribution is 2.57. The lowest BCUT2D eigenvalue weighted by atomic mass is 9.71. The molecule has 0 amide bonds. The summed E-state index contributed by atoms with van der Waals surface area (Å²) in [5, 5.41) is 9.35. The minimum absolute atomic E-state index is 0.294. The van der Waals surface area contributed by atoms with Gasteiger partial charge in [-0.15, -0.1) is 0 Å². The Labute approximate surface area is 347 Å². The first-order valence-corrected chi connectivity index (χ1v) is 20.9. The molecule has 0 unspecified atom stereocenters. The van der Waals surface area contributed by atoms with E-state index < -0.39 is 0 Å². The molecule has 2 aliphatic rings. The summed E-state index contributed by atoms with van der Waals surface area (Å²) >= 11 is 0. The molecule has 4 nitrogen and oxygen atoms in total. The minimum atomic E-state index is -0.294. The topological polar surface area (TPSA) is 32.8 Å². The first-order valence-electron chi connectivity index (χ1n) is 20.9. The second-order valence-corrected chi connectivity index (χ2v) is 17.7. The molecule has 0 spiro atoms. The summed E-state index contributed by atoms with van der Waals surface area (Å²) < 4.78 is 13.8. The van der Waals surface area contributed by atoms with Crippen LogP contribution in [0.25, 0.3) is 65.4 Å². The number of hydrogen-bond acceptors (Lipinski definition) is 4. The van der Waals surface area contributed by atoms with Crippen LogP contribution >= 0.6 is 0 Å². The zero-order valence-corrected chi connectivity index (χ0v) is 33.9. The van der Waals surface area contributed by atoms with Crippen LogP contribution in [0.1, 0.15) is 49.9 Å². The predicted octanol–water partition coefficient (Wildman–Crippen LogP) is 16.0. The average Bonchev–Trinajstić information content (AvgIpc) is 3.80. The highest BCUT2D eigenvalue weighted by atomic mass is 16.3. The van der Waals surface area contributed by atoms with Gasteiger partial charge in [-0.1, -0.05) is 125 Å². The number of furan rings is 2. The van der Waals surface area contributed by atoms with E-state index in [1.165, 1.54) is 55.2 Å². The Morgan fingerprint density at radius 1 is 0.333 bits per heavy atom. The van der Waals surface area contributed by atoms with Gasteiger partial charge in [-0.3, -0.25) is 0 Å². The molecule has 4 heterocycles. The fraction of sp³-hybridized carbons (Fsp3) is 0.107. The van der Waals surface area contributed by atoms with Crippen LogP contribution in [0.3, 0.4) is 0 Å². The molecule has 0 bridgehead atoms. The Kier molecular flexibility index (Phi) is 6.55. The van der Waals surface area contributed by atoms with E-state index in [1.54, 1.807) is 0 Å². The summed E-state index contributed by atoms with van der Waals surface area (Å²) in [6.07, 6.45) is 0. The number of benzene rings is 9. The zero-order chi connectivity index (χ0) is 40.1. The molecule has 0 radical (unpaired) electrons. The summed E-state index contributed by atoms with van der Waals surface area (Å²) in [5.74, 6) is 0. The number of nitrogens with zero attached hydrogens (tertiary/aromatic N) is 2. The van der Waals surface area contributed by atoms with Crippen molar-refractivity contribution in [1.29, 1.82) is 0 Å². The average molecular weight is 773 g/mol. The molecule has 2 aromatic heterocycles. The van der Waals surface area contributed by atoms with Gasteiger partial charge < -0.3 is 18.6 Å². The summed E-state index contributed by atoms with van der Waals surface area (Å²) in [5.41, 5.74) is 15.0. The lowest BCUT2D eigenvalue weighted by Gasteiger charge is -2.42. The first-order chi connectivity index (χ1) is 29.3. The van der Waals surface area contributed by atoms with Crippen LogP contribution in [0.2, 0.25) is 0 Å². The van der Waals surface area contributed by atoms with E-state index >= 15 is 0 Å². The van der Waals surface area contributed by atoms with Gasteiger partial charge in [0.15, 0.2) is 0 Å². The maximum absolute atomic E-state index is 6.90. The lowest BCUT2D eigenvalue weighted by molar-refractivity contribution is 0.636. The molecule has 60 heavy (non-hydrogen) atoms. The second kappa shape index (κ2) is 11.7. The van der Waals surface area contributed by atoms with Gasteiger partial charge >= 0.3 is 0 Å². The Balaban J connectivity index is 1.05. The van der Waals surface area contributed by atoms with Crippen LogP contribution in [0.5, 0.6) is 0 Å². The van der Waals surface area contributed by atoms with E-state index in [9.17, 15) is 0 Å². The van der Waals surface area contributed by atoms with Crippen LogP contribution in [0.15, 0.2) is 179 Å². The molecule has 0 saturated carbocycles. The summed E-state index contributed by atoms with van der Waals surface area (Å²) in [4.78, 5) is 4.83. The molecular weight excluding hydrogens is 733 g/mol. The van der Waals surface area contributed by atoms with Crippen molar-refractivity contribution in [2.75, 3.05) is 9.80 Å². The van der Waals surface area contributed by atoms with Crippen molar-refractivity contribution in [2.45, 2.75) is 38.5 Å². The van der Waals surface area contributed by atoms with Crippen LogP contribution in [-0.2, 0) is 10.8 Å². The van der Waals surface area contributed by atoms with Crippen LogP contribution in [-0.4, -0.2) is 0 Å². The molecule has 0 aliphatic carbocycles. The molecular formula is C56H40N2O2. The Morgan fingerprint density at radius 2 is 0.700 bits per heavy atom. The van der Waals surface area contributed by atoms with Gasteiger partial charge in [-0.05, 0) is 104 Å². The molecule has 13 rings (SSSR count). The van der Waals surface area contributed by atoms with Gasteiger partial charge in [-0.25, -0.2) is 0 Å². The van der Waals surface area contributed by atoms with E-state index in [-0.39, 0.29) is 10.8 Å². The lowest BCUT2D eigenvalue weighted by Crippen LogP contribution is -2.31. The molecule has 2 aliphatic heterocycles. The SMILES string of the molecule is CC1(C)c2cc3c(cc2N(c2ccccc2)c2ccc4ccccc4c21)oc1cc2c(cc13)oc1cc3c(cc12)C(C)(C)c1c(ccc2ccccc12)N3c1ccccc1. The molecule has 9 aromatic carbocycles. The standard InChI is InChI=1S/C56H40N2O2/c1-55(2)43-27-39-41-29-50-42(30-49(41)59-51(39)31-47(43)57(35-17-7-5-8-18-35)45-25-23-33-15-11-13-21-37(33)53(45)55)40-28-44-48(32-52(40)60-50)58(36-19-9-6-10-20-36)46-26-24-34-16-12-14-22-38(34)54(46)56(44,3)4/h5-32H,1-4H3. The third-order valence-electron chi connectivity index (χ3n) is 13.7. The molecule has 11 aromatic rings. The van der Waals surface area contributed by atoms with E-state index in [0.717, 1.165) is 66.6 Å². The van der Waals surface area contributed by atoms with Crippen molar-refractivity contribution in [3.8, 4) is 0 Å². The van der Waals surface area contributed by atoms with Crippen LogP contribution in [0.4, 0.5) is 34.1 Å². The van der Waals surface area contributed by atoms with Crippen molar-refractivity contribution in [1.82, 2.24) is 0 Å². The van der Waals surface area contributed by atoms with E-state index in [2.05, 4.69) is 207 Å². The molecule has 0 atom stereocenters. The third-order valence-corrected chi connectivity index (χ3v) is 13.7. The fourth-order valence-electron chi connectivity index (χ4n) is 10.9. The zero-order valence-electron chi connectivity index (χ0n) is 33.9. The molecule has 0 saturated heterocycles. The van der Waals surface area contributed by atoms with Crippen molar-refractivity contribution in [3.05, 3.63) is 192 Å². The highest BCUT2D eigenvalue weighted by Gasteiger charge is 2.41. The van der Waals surface area contributed by atoms with E-state index in [4.69, 9.17) is 8.83 Å². The smallest absolute Gasteiger partial charge is 0.137 e. The van der Waals surface area contributed by atoms with Gasteiger partial charge in [0.1, 0.15) is 22.3 Å². The van der Waals surface area contributed by atoms with Crippen LogP contribution < -0.4 is 9.80 Å². The highest BCUT2D eigenvalue weighted by molar-refractivity contribution is 6.17. The summed E-state index contributed by atoms with van der Waals surface area (Å²) in [6, 6.07) is 61.8. The normalized spacial score (nSPS) is 15.2. The second-order valence-electron chi connectivity index (χ2n) is 17.7. The first kappa shape index (κ1) is 33.6. The number of hydrogen-bond donors (Lipinski definition) is 0. The quantitative estimate of drug-likeness (QED) is 0.175. The van der Waals surface area contributed by atoms with E-state index in [1.807, 2.05) is 0 Å². The number of rotatable bonds is 2. The van der Waals surface area contributed by atoms with Crippen molar-refractivity contribution >= 4 is 99.5 Å². The minimum Gasteiger partial charge on any atom is -0.456 e. The molecule has 4 heteroatoms. The predicted molar refractivity (Wildman–Crippen MR) is 250 cm³/mol. The number of para-hydroxylation sites is 2. The van der Waals surface area contributed by atoms with Gasteiger partial charge in [-0.2, -0.15) is 0 Å². The van der Waals surface area contributed by atoms with Crippen molar-refractivity contribution < 1.29 is 8.83 Å². The Morgan fingerprint density at radius 3 is 1.13 bits per heavy atom. The van der Waals surface area contributed by atoms with Crippen molar-refractivity contribution in [3.63, 3.8) is 0 Å². The van der Waals surface area contributed by atoms with Gasteiger partial charge in [0.25, 0.3) is 0 Å². The van der Waals surface area contributed by atoms with Gasteiger partial charge in [0, 0.05) is 55.9 Å². The maximum Gasteiger partial charge on any atom is 0.137 e. The van der Waals surface area contributed by atoms with Gasteiger partial charge in [0.05, 0.1) is 22.7 Å². The molecule has 286 valence electrons. The van der Waals surface area contributed by atoms with Crippen molar-refractivity contribution in [2.24, 2.45) is 0 Å².